The van der Waals surface area contributed by atoms with E-state index in [4.69, 9.17) is 21.6 Å². The molecule has 3 rings (SSSR count). The summed E-state index contributed by atoms with van der Waals surface area (Å²) >= 11 is 6.36. The summed E-state index contributed by atoms with van der Waals surface area (Å²) in [6, 6.07) is 5.40. The SMILES string of the molecule is N#CN1CC[C@@H](NC(=O)c2ccc(N3CCOCC3)c(Cl)c2)C1. The molecular formula is C16H19ClN4O2. The highest BCUT2D eigenvalue weighted by molar-refractivity contribution is 6.33. The molecule has 6 nitrogen and oxygen atoms in total. The lowest BCUT2D eigenvalue weighted by Crippen LogP contribution is -2.37. The topological polar surface area (TPSA) is 68.6 Å². The third-order valence-electron chi connectivity index (χ3n) is 4.23. The zero-order valence-corrected chi connectivity index (χ0v) is 13.6. The second-order valence-electron chi connectivity index (χ2n) is 5.77. The van der Waals surface area contributed by atoms with Gasteiger partial charge in [-0.25, -0.2) is 0 Å². The summed E-state index contributed by atoms with van der Waals surface area (Å²) in [5.74, 6) is -0.148. The van der Waals surface area contributed by atoms with Crippen molar-refractivity contribution in [3.8, 4) is 6.19 Å². The molecule has 0 bridgehead atoms. The molecule has 1 atom stereocenters. The van der Waals surface area contributed by atoms with E-state index in [1.807, 2.05) is 6.07 Å². The van der Waals surface area contributed by atoms with Crippen LogP contribution >= 0.6 is 11.6 Å². The Kier molecular flexibility index (Phi) is 4.89. The average Bonchev–Trinajstić information content (AvgIpc) is 3.03. The molecule has 23 heavy (non-hydrogen) atoms. The number of likely N-dealkylation sites (tertiary alicyclic amines) is 1. The first-order valence-corrected chi connectivity index (χ1v) is 8.13. The van der Waals surface area contributed by atoms with Gasteiger partial charge in [0.2, 0.25) is 0 Å². The first-order chi connectivity index (χ1) is 11.2. The van der Waals surface area contributed by atoms with Crippen LogP contribution in [0.5, 0.6) is 0 Å². The summed E-state index contributed by atoms with van der Waals surface area (Å²) in [6.45, 7) is 4.25. The molecule has 1 N–H and O–H groups in total. The summed E-state index contributed by atoms with van der Waals surface area (Å²) in [5, 5.41) is 12.4. The number of nitrogens with one attached hydrogen (secondary N) is 1. The standard InChI is InChI=1S/C16H19ClN4O2/c17-14-9-12(1-2-15(14)21-5-7-23-8-6-21)16(22)19-13-3-4-20(10-13)11-18/h1-2,9,13H,3-8,10H2,(H,19,22)/t13-/m1/s1. The summed E-state index contributed by atoms with van der Waals surface area (Å²) in [7, 11) is 0. The van der Waals surface area contributed by atoms with Crippen molar-refractivity contribution >= 4 is 23.2 Å². The molecule has 2 aliphatic heterocycles. The lowest BCUT2D eigenvalue weighted by Gasteiger charge is -2.29. The summed E-state index contributed by atoms with van der Waals surface area (Å²) in [5.41, 5.74) is 1.48. The number of morpholine rings is 1. The molecule has 1 aromatic carbocycles. The van der Waals surface area contributed by atoms with E-state index < -0.39 is 0 Å². The van der Waals surface area contributed by atoms with Gasteiger partial charge in [0.15, 0.2) is 6.19 Å². The van der Waals surface area contributed by atoms with E-state index in [0.717, 1.165) is 25.2 Å². The Balaban J connectivity index is 1.65. The van der Waals surface area contributed by atoms with Gasteiger partial charge in [-0.2, -0.15) is 5.26 Å². The number of benzene rings is 1. The van der Waals surface area contributed by atoms with E-state index >= 15 is 0 Å². The highest BCUT2D eigenvalue weighted by atomic mass is 35.5. The maximum Gasteiger partial charge on any atom is 0.251 e. The molecular weight excluding hydrogens is 316 g/mol. The zero-order chi connectivity index (χ0) is 16.2. The van der Waals surface area contributed by atoms with Crippen molar-refractivity contribution in [3.63, 3.8) is 0 Å². The van der Waals surface area contributed by atoms with E-state index in [-0.39, 0.29) is 11.9 Å². The average molecular weight is 335 g/mol. The molecule has 2 fully saturated rings. The number of carbonyl (C=O) groups is 1. The van der Waals surface area contributed by atoms with Gasteiger partial charge in [0.1, 0.15) is 0 Å². The molecule has 122 valence electrons. The molecule has 0 saturated carbocycles. The van der Waals surface area contributed by atoms with Gasteiger partial charge < -0.3 is 19.9 Å². The molecule has 0 spiro atoms. The second kappa shape index (κ2) is 7.07. The first-order valence-electron chi connectivity index (χ1n) is 7.75. The first kappa shape index (κ1) is 15.9. The Morgan fingerprint density at radius 3 is 2.78 bits per heavy atom. The van der Waals surface area contributed by atoms with Crippen LogP contribution in [0.3, 0.4) is 0 Å². The number of halogens is 1. The lowest BCUT2D eigenvalue weighted by atomic mass is 10.1. The number of hydrogen-bond acceptors (Lipinski definition) is 5. The predicted molar refractivity (Wildman–Crippen MR) is 87.5 cm³/mol. The number of anilines is 1. The molecule has 1 amide bonds. The second-order valence-corrected chi connectivity index (χ2v) is 6.18. The highest BCUT2D eigenvalue weighted by Crippen LogP contribution is 2.27. The van der Waals surface area contributed by atoms with E-state index in [1.54, 1.807) is 17.0 Å². The number of nitrogens with zero attached hydrogens (tertiary/aromatic N) is 3. The van der Waals surface area contributed by atoms with Gasteiger partial charge in [-0.15, -0.1) is 0 Å². The number of rotatable bonds is 3. The Hall–Kier alpha value is -1.97. The molecule has 2 saturated heterocycles. The van der Waals surface area contributed by atoms with Crippen molar-refractivity contribution in [1.82, 2.24) is 10.2 Å². The Morgan fingerprint density at radius 1 is 1.35 bits per heavy atom. The number of carbonyl (C=O) groups excluding carboxylic acids is 1. The number of amides is 1. The smallest absolute Gasteiger partial charge is 0.251 e. The van der Waals surface area contributed by atoms with Crippen molar-refractivity contribution in [2.24, 2.45) is 0 Å². The van der Waals surface area contributed by atoms with Gasteiger partial charge in [0, 0.05) is 37.8 Å². The lowest BCUT2D eigenvalue weighted by molar-refractivity contribution is 0.0938. The van der Waals surface area contributed by atoms with Crippen LogP contribution < -0.4 is 10.2 Å². The number of ether oxygens (including phenoxy) is 1. The van der Waals surface area contributed by atoms with Gasteiger partial charge in [-0.1, -0.05) is 11.6 Å². The minimum Gasteiger partial charge on any atom is -0.378 e. The van der Waals surface area contributed by atoms with Crippen LogP contribution in [0.1, 0.15) is 16.8 Å². The third-order valence-corrected chi connectivity index (χ3v) is 4.53. The van der Waals surface area contributed by atoms with Crippen LogP contribution in [0.25, 0.3) is 0 Å². The van der Waals surface area contributed by atoms with E-state index in [9.17, 15) is 4.79 Å². The molecule has 2 aliphatic rings. The van der Waals surface area contributed by atoms with E-state index in [0.29, 0.717) is 36.9 Å². The summed E-state index contributed by atoms with van der Waals surface area (Å²) < 4.78 is 5.34. The fourth-order valence-electron chi connectivity index (χ4n) is 2.95. The van der Waals surface area contributed by atoms with E-state index in [1.165, 1.54) is 0 Å². The van der Waals surface area contributed by atoms with Gasteiger partial charge in [0.25, 0.3) is 5.91 Å². The summed E-state index contributed by atoms with van der Waals surface area (Å²) in [4.78, 5) is 16.1. The Bertz CT molecular complexity index is 625. The molecule has 1 aromatic rings. The van der Waals surface area contributed by atoms with Gasteiger partial charge in [-0.3, -0.25) is 4.79 Å². The fourth-order valence-corrected chi connectivity index (χ4v) is 3.25. The van der Waals surface area contributed by atoms with Crippen molar-refractivity contribution < 1.29 is 9.53 Å². The van der Waals surface area contributed by atoms with Gasteiger partial charge in [0.05, 0.1) is 23.9 Å². The van der Waals surface area contributed by atoms with Crippen LogP contribution in [0.2, 0.25) is 5.02 Å². The minimum absolute atomic E-state index is 0.0137. The molecule has 0 aliphatic carbocycles. The summed E-state index contributed by atoms with van der Waals surface area (Å²) in [6.07, 6.45) is 2.90. The normalized spacial score (nSPS) is 21.1. The van der Waals surface area contributed by atoms with Crippen LogP contribution in [-0.2, 0) is 4.74 Å². The minimum atomic E-state index is -0.148. The maximum absolute atomic E-state index is 12.3. The highest BCUT2D eigenvalue weighted by Gasteiger charge is 2.24. The molecule has 0 radical (unpaired) electrons. The monoisotopic (exact) mass is 334 g/mol. The predicted octanol–water partition coefficient (Wildman–Crippen LogP) is 1.46. The Labute approximate surface area is 140 Å². The van der Waals surface area contributed by atoms with Crippen LogP contribution in [-0.4, -0.2) is 56.2 Å². The molecule has 2 heterocycles. The van der Waals surface area contributed by atoms with Crippen LogP contribution in [0.4, 0.5) is 5.69 Å². The Morgan fingerprint density at radius 2 is 2.13 bits per heavy atom. The number of nitriles is 1. The van der Waals surface area contributed by atoms with Crippen molar-refractivity contribution in [2.45, 2.75) is 12.5 Å². The molecule has 0 unspecified atom stereocenters. The van der Waals surface area contributed by atoms with Crippen molar-refractivity contribution in [3.05, 3.63) is 28.8 Å². The quantitative estimate of drug-likeness (QED) is 0.848. The van der Waals surface area contributed by atoms with Crippen LogP contribution in [0.15, 0.2) is 18.2 Å². The van der Waals surface area contributed by atoms with Gasteiger partial charge in [-0.05, 0) is 24.6 Å². The fraction of sp³-hybridized carbons (Fsp3) is 0.500. The maximum atomic E-state index is 12.3. The molecule has 7 heteroatoms. The molecule has 0 aromatic heterocycles. The van der Waals surface area contributed by atoms with Crippen molar-refractivity contribution in [1.29, 1.82) is 5.26 Å². The van der Waals surface area contributed by atoms with E-state index in [2.05, 4.69) is 16.4 Å². The zero-order valence-electron chi connectivity index (χ0n) is 12.8. The van der Waals surface area contributed by atoms with Gasteiger partial charge >= 0.3 is 0 Å². The van der Waals surface area contributed by atoms with Crippen LogP contribution in [0, 0.1) is 11.5 Å². The number of hydrogen-bond donors (Lipinski definition) is 1. The largest absolute Gasteiger partial charge is 0.378 e. The third kappa shape index (κ3) is 3.69. The van der Waals surface area contributed by atoms with Crippen molar-refractivity contribution in [2.75, 3.05) is 44.3 Å².